The summed E-state index contributed by atoms with van der Waals surface area (Å²) >= 11 is 0. The maximum Gasteiger partial charge on any atom is 0.255 e. The number of sulfonamides is 1. The molecule has 0 saturated heterocycles. The minimum absolute atomic E-state index is 0.187. The van der Waals surface area contributed by atoms with Crippen molar-refractivity contribution >= 4 is 21.6 Å². The van der Waals surface area contributed by atoms with Crippen LogP contribution in [0.25, 0.3) is 0 Å². The third-order valence-electron chi connectivity index (χ3n) is 3.56. The standard InChI is InChI=1S/C18H22N2O3S/c1-3-4-13-19-24(22,23)17-11-9-16(10-12-17)20-18(21)15-7-5-14(2)6-8-15/h5-12,19H,3-4,13H2,1-2H3,(H,20,21). The van der Waals surface area contributed by atoms with E-state index < -0.39 is 10.0 Å². The molecule has 0 fully saturated rings. The van der Waals surface area contributed by atoms with Crippen molar-refractivity contribution in [3.05, 3.63) is 59.7 Å². The van der Waals surface area contributed by atoms with Crippen LogP contribution in [0.2, 0.25) is 0 Å². The molecule has 0 heterocycles. The van der Waals surface area contributed by atoms with Gasteiger partial charge in [0.25, 0.3) is 5.91 Å². The Morgan fingerprint density at radius 2 is 1.62 bits per heavy atom. The van der Waals surface area contributed by atoms with Gasteiger partial charge in [-0.3, -0.25) is 4.79 Å². The van der Waals surface area contributed by atoms with Crippen molar-refractivity contribution in [3.63, 3.8) is 0 Å². The van der Waals surface area contributed by atoms with E-state index in [1.807, 2.05) is 26.0 Å². The van der Waals surface area contributed by atoms with Crippen molar-refractivity contribution in [1.29, 1.82) is 0 Å². The summed E-state index contributed by atoms with van der Waals surface area (Å²) in [6.45, 7) is 4.37. The Morgan fingerprint density at radius 3 is 2.21 bits per heavy atom. The van der Waals surface area contributed by atoms with E-state index in [2.05, 4.69) is 10.0 Å². The van der Waals surface area contributed by atoms with Gasteiger partial charge in [0, 0.05) is 17.8 Å². The maximum atomic E-state index is 12.1. The zero-order chi connectivity index (χ0) is 17.6. The summed E-state index contributed by atoms with van der Waals surface area (Å²) in [5, 5.41) is 2.75. The average Bonchev–Trinajstić information content (AvgIpc) is 2.56. The molecule has 0 bridgehead atoms. The van der Waals surface area contributed by atoms with Crippen LogP contribution in [0.1, 0.15) is 35.7 Å². The summed E-state index contributed by atoms with van der Waals surface area (Å²) in [5.74, 6) is -0.230. The molecule has 0 aliphatic carbocycles. The fourth-order valence-corrected chi connectivity index (χ4v) is 3.17. The molecule has 0 atom stereocenters. The van der Waals surface area contributed by atoms with Crippen molar-refractivity contribution in [2.45, 2.75) is 31.6 Å². The molecule has 0 radical (unpaired) electrons. The lowest BCUT2D eigenvalue weighted by atomic mass is 10.1. The number of benzene rings is 2. The summed E-state index contributed by atoms with van der Waals surface area (Å²) < 4.78 is 26.7. The molecule has 0 aromatic heterocycles. The second-order valence-electron chi connectivity index (χ2n) is 5.60. The molecule has 2 N–H and O–H groups in total. The van der Waals surface area contributed by atoms with E-state index in [1.54, 1.807) is 24.3 Å². The topological polar surface area (TPSA) is 75.3 Å². The molecule has 0 aliphatic rings. The minimum atomic E-state index is -3.50. The van der Waals surface area contributed by atoms with Crippen LogP contribution in [0.5, 0.6) is 0 Å². The summed E-state index contributed by atoms with van der Waals surface area (Å²) in [5.41, 5.74) is 2.18. The summed E-state index contributed by atoms with van der Waals surface area (Å²) in [6.07, 6.45) is 1.72. The number of nitrogens with one attached hydrogen (secondary N) is 2. The third-order valence-corrected chi connectivity index (χ3v) is 5.04. The van der Waals surface area contributed by atoms with Gasteiger partial charge >= 0.3 is 0 Å². The smallest absolute Gasteiger partial charge is 0.255 e. The molecule has 128 valence electrons. The van der Waals surface area contributed by atoms with Gasteiger partial charge in [-0.1, -0.05) is 31.0 Å². The van der Waals surface area contributed by atoms with Gasteiger partial charge in [-0.05, 0) is 49.7 Å². The molecule has 1 amide bonds. The largest absolute Gasteiger partial charge is 0.322 e. The van der Waals surface area contributed by atoms with Crippen LogP contribution in [0.15, 0.2) is 53.4 Å². The highest BCUT2D eigenvalue weighted by molar-refractivity contribution is 7.89. The number of amides is 1. The van der Waals surface area contributed by atoms with E-state index in [1.165, 1.54) is 12.1 Å². The molecular formula is C18H22N2O3S. The molecule has 24 heavy (non-hydrogen) atoms. The van der Waals surface area contributed by atoms with Crippen LogP contribution in [-0.2, 0) is 10.0 Å². The Balaban J connectivity index is 2.04. The Hall–Kier alpha value is -2.18. The molecule has 0 spiro atoms. The van der Waals surface area contributed by atoms with Crippen LogP contribution in [0.4, 0.5) is 5.69 Å². The Morgan fingerprint density at radius 1 is 1.00 bits per heavy atom. The SMILES string of the molecule is CCCCNS(=O)(=O)c1ccc(NC(=O)c2ccc(C)cc2)cc1. The van der Waals surface area contributed by atoms with E-state index >= 15 is 0 Å². The quantitative estimate of drug-likeness (QED) is 0.755. The highest BCUT2D eigenvalue weighted by Gasteiger charge is 2.13. The van der Waals surface area contributed by atoms with E-state index in [9.17, 15) is 13.2 Å². The lowest BCUT2D eigenvalue weighted by Gasteiger charge is -2.08. The van der Waals surface area contributed by atoms with Gasteiger partial charge in [0.15, 0.2) is 0 Å². The number of anilines is 1. The monoisotopic (exact) mass is 346 g/mol. The molecule has 2 aromatic rings. The first-order chi connectivity index (χ1) is 11.4. The first-order valence-corrected chi connectivity index (χ1v) is 9.38. The molecular weight excluding hydrogens is 324 g/mol. The zero-order valence-corrected chi connectivity index (χ0v) is 14.7. The fraction of sp³-hybridized carbons (Fsp3) is 0.278. The molecule has 0 aliphatic heterocycles. The van der Waals surface area contributed by atoms with E-state index in [0.29, 0.717) is 17.8 Å². The molecule has 2 aromatic carbocycles. The highest BCUT2D eigenvalue weighted by Crippen LogP contribution is 2.15. The van der Waals surface area contributed by atoms with Gasteiger partial charge in [0.2, 0.25) is 10.0 Å². The van der Waals surface area contributed by atoms with Crippen LogP contribution in [0, 0.1) is 6.92 Å². The third kappa shape index (κ3) is 4.91. The van der Waals surface area contributed by atoms with Crippen LogP contribution in [0.3, 0.4) is 0 Å². The van der Waals surface area contributed by atoms with Crippen molar-refractivity contribution in [3.8, 4) is 0 Å². The van der Waals surface area contributed by atoms with E-state index in [0.717, 1.165) is 18.4 Å². The number of hydrogen-bond donors (Lipinski definition) is 2. The lowest BCUT2D eigenvalue weighted by Crippen LogP contribution is -2.24. The fourth-order valence-electron chi connectivity index (χ4n) is 2.09. The van der Waals surface area contributed by atoms with Crippen LogP contribution in [-0.4, -0.2) is 20.9 Å². The molecule has 6 heteroatoms. The molecule has 2 rings (SSSR count). The number of rotatable bonds is 7. The lowest BCUT2D eigenvalue weighted by molar-refractivity contribution is 0.102. The Bertz CT molecular complexity index is 782. The average molecular weight is 346 g/mol. The van der Waals surface area contributed by atoms with Gasteiger partial charge in [-0.2, -0.15) is 0 Å². The molecule has 5 nitrogen and oxygen atoms in total. The maximum absolute atomic E-state index is 12.1. The van der Waals surface area contributed by atoms with Gasteiger partial charge < -0.3 is 5.32 Å². The second-order valence-corrected chi connectivity index (χ2v) is 7.36. The second kappa shape index (κ2) is 8.08. The van der Waals surface area contributed by atoms with Gasteiger partial charge in [-0.15, -0.1) is 0 Å². The molecule has 0 unspecified atom stereocenters. The zero-order valence-electron chi connectivity index (χ0n) is 13.9. The van der Waals surface area contributed by atoms with E-state index in [4.69, 9.17) is 0 Å². The van der Waals surface area contributed by atoms with Gasteiger partial charge in [0.05, 0.1) is 4.90 Å². The summed E-state index contributed by atoms with van der Waals surface area (Å²) in [7, 11) is -3.50. The van der Waals surface area contributed by atoms with Crippen molar-refractivity contribution in [2.75, 3.05) is 11.9 Å². The Kier molecular flexibility index (Phi) is 6.11. The first-order valence-electron chi connectivity index (χ1n) is 7.90. The van der Waals surface area contributed by atoms with Crippen molar-refractivity contribution < 1.29 is 13.2 Å². The minimum Gasteiger partial charge on any atom is -0.322 e. The number of carbonyl (C=O) groups excluding carboxylic acids is 1. The highest BCUT2D eigenvalue weighted by atomic mass is 32.2. The molecule has 0 saturated carbocycles. The predicted molar refractivity (Wildman–Crippen MR) is 95.7 cm³/mol. The van der Waals surface area contributed by atoms with Crippen molar-refractivity contribution in [2.24, 2.45) is 0 Å². The van der Waals surface area contributed by atoms with Crippen LogP contribution < -0.4 is 10.0 Å². The first kappa shape index (κ1) is 18.2. The number of carbonyl (C=O) groups is 1. The number of aryl methyl sites for hydroxylation is 1. The van der Waals surface area contributed by atoms with Crippen LogP contribution >= 0.6 is 0 Å². The normalized spacial score (nSPS) is 11.2. The van der Waals surface area contributed by atoms with E-state index in [-0.39, 0.29) is 10.8 Å². The summed E-state index contributed by atoms with van der Waals surface area (Å²) in [4.78, 5) is 12.3. The van der Waals surface area contributed by atoms with Gasteiger partial charge in [0.1, 0.15) is 0 Å². The number of unbranched alkanes of at least 4 members (excludes halogenated alkanes) is 1. The Labute approximate surface area is 143 Å². The number of hydrogen-bond acceptors (Lipinski definition) is 3. The summed E-state index contributed by atoms with van der Waals surface area (Å²) in [6, 6.07) is 13.4. The predicted octanol–water partition coefficient (Wildman–Crippen LogP) is 3.33. The van der Waals surface area contributed by atoms with Gasteiger partial charge in [-0.25, -0.2) is 13.1 Å². The van der Waals surface area contributed by atoms with Crippen molar-refractivity contribution in [1.82, 2.24) is 4.72 Å².